The van der Waals surface area contributed by atoms with E-state index in [1.54, 1.807) is 0 Å². The second kappa shape index (κ2) is 19.4. The predicted octanol–water partition coefficient (Wildman–Crippen LogP) is 13.7. The summed E-state index contributed by atoms with van der Waals surface area (Å²) in [5, 5.41) is 2.70. The molecule has 1 aromatic carbocycles. The molecule has 4 aliphatic rings. The van der Waals surface area contributed by atoms with Crippen molar-refractivity contribution in [2.45, 2.75) is 197 Å². The fourth-order valence-electron chi connectivity index (χ4n) is 9.70. The molecule has 0 nitrogen and oxygen atoms in total. The zero-order valence-electron chi connectivity index (χ0n) is 30.2. The van der Waals surface area contributed by atoms with Crippen molar-refractivity contribution in [2.75, 3.05) is 0 Å². The molecule has 0 radical (unpaired) electrons. The number of benzene rings is 1. The summed E-state index contributed by atoms with van der Waals surface area (Å²) in [4.78, 5) is 0. The molecule has 0 amide bonds. The maximum atomic E-state index is 2.67. The maximum absolute atomic E-state index is 2.67. The van der Waals surface area contributed by atoms with Gasteiger partial charge in [0.2, 0.25) is 0 Å². The van der Waals surface area contributed by atoms with E-state index in [4.69, 9.17) is 0 Å². The molecule has 43 heavy (non-hydrogen) atoms. The normalized spacial score (nSPS) is 24.4. The first-order valence-electron chi connectivity index (χ1n) is 17.8. The van der Waals surface area contributed by atoms with Crippen LogP contribution in [-0.4, -0.2) is 27.3 Å². The molecule has 3 atom stereocenters. The van der Waals surface area contributed by atoms with E-state index in [-0.39, 0.29) is 47.8 Å². The first-order chi connectivity index (χ1) is 19.1. The van der Waals surface area contributed by atoms with Crippen molar-refractivity contribution in [1.29, 1.82) is 0 Å². The molecular weight excluding hydrogens is 598 g/mol. The van der Waals surface area contributed by atoms with Crippen molar-refractivity contribution < 1.29 is 17.1 Å². The van der Waals surface area contributed by atoms with E-state index in [1.807, 2.05) is 10.9 Å². The van der Waals surface area contributed by atoms with Gasteiger partial charge in [0.05, 0.1) is 0 Å². The smallest absolute Gasteiger partial charge is 0.358 e. The van der Waals surface area contributed by atoms with E-state index < -0.39 is 0 Å². The minimum Gasteiger partial charge on any atom is -0.358 e. The topological polar surface area (TPSA) is 0 Å². The Balaban J connectivity index is 0.00000105. The van der Waals surface area contributed by atoms with Crippen LogP contribution in [0, 0.1) is 20.8 Å². The Hall–Kier alpha value is 0.599. The number of hydrogen-bond donors (Lipinski definition) is 0. The van der Waals surface area contributed by atoms with Crippen molar-refractivity contribution >= 4 is 21.1 Å². The molecule has 0 bridgehead atoms. The molecule has 1 aromatic rings. The molecule has 0 aromatic heterocycles. The van der Waals surface area contributed by atoms with Crippen LogP contribution in [0.2, 0.25) is 0 Å². The molecule has 3 heteroatoms. The van der Waals surface area contributed by atoms with Gasteiger partial charge in [-0.25, -0.2) is 0 Å². The zero-order chi connectivity index (χ0) is 28.8. The second-order valence-electron chi connectivity index (χ2n) is 16.0. The third-order valence-corrected chi connectivity index (χ3v) is 18.5. The molecule has 5 rings (SSSR count). The average molecular weight is 671 g/mol. The van der Waals surface area contributed by atoms with Crippen LogP contribution in [-0.2, 0) is 17.1 Å². The van der Waals surface area contributed by atoms with E-state index in [2.05, 4.69) is 72.7 Å². The zero-order valence-corrected chi connectivity index (χ0v) is 33.1. The monoisotopic (exact) mass is 670 g/mol. The standard InChI is InChI=1S/C33H56P2.C5H10.2CH3.Fe/c1-25(35(32(2,3)4)33(5,6)7)28-22-16-23-29(28)30-21-14-15-24-31(30)34(26-17-10-8-11-18-26)27-19-12-9-13-20-27;1-2-4-5-3-1;;;/h14-15,21,24-29H,8-13,16-20,22-23H2,1-7H3;1-5H2;2*1H3;/q;;2*-1;+2/t25-,28?,29?;;;;/m1..../s1. The summed E-state index contributed by atoms with van der Waals surface area (Å²) in [5.41, 5.74) is 4.66. The van der Waals surface area contributed by atoms with Crippen LogP contribution >= 0.6 is 15.8 Å². The van der Waals surface area contributed by atoms with Gasteiger partial charge in [-0.1, -0.05) is 166 Å². The number of hydrogen-bond acceptors (Lipinski definition) is 0. The summed E-state index contributed by atoms with van der Waals surface area (Å²) >= 11 is 0. The van der Waals surface area contributed by atoms with Gasteiger partial charge < -0.3 is 14.9 Å². The minimum absolute atomic E-state index is 0. The molecule has 4 aliphatic carbocycles. The first-order valence-corrected chi connectivity index (χ1v) is 20.6. The third kappa shape index (κ3) is 11.4. The molecule has 250 valence electrons. The first kappa shape index (κ1) is 41.6. The van der Waals surface area contributed by atoms with E-state index in [9.17, 15) is 0 Å². The fraction of sp³-hybridized carbons (Fsp3) is 0.800. The molecular formula is C40H72FeP2. The van der Waals surface area contributed by atoms with Gasteiger partial charge in [-0.2, -0.15) is 0 Å². The average Bonchev–Trinajstić information content (AvgIpc) is 3.65. The maximum Gasteiger partial charge on any atom is 2.00 e. The summed E-state index contributed by atoms with van der Waals surface area (Å²) in [6.45, 7) is 17.9. The number of rotatable bonds is 6. The minimum atomic E-state index is -0.0759. The Kier molecular flexibility index (Phi) is 18.8. The Morgan fingerprint density at radius 1 is 0.581 bits per heavy atom. The van der Waals surface area contributed by atoms with Gasteiger partial charge in [0, 0.05) is 0 Å². The van der Waals surface area contributed by atoms with E-state index >= 15 is 0 Å². The van der Waals surface area contributed by atoms with Crippen LogP contribution in [0.4, 0.5) is 0 Å². The SMILES string of the molecule is C1CCCC1.C[C@H](C1CCCC1c1ccccc1P(C1CCCCC1)C1CCCCC1)P(C(C)(C)C)C(C)(C)C.[CH3-].[CH3-].[Fe+2]. The van der Waals surface area contributed by atoms with Crippen molar-refractivity contribution in [3.05, 3.63) is 44.7 Å². The van der Waals surface area contributed by atoms with Gasteiger partial charge >= 0.3 is 17.1 Å². The van der Waals surface area contributed by atoms with E-state index in [0.717, 1.165) is 28.8 Å². The van der Waals surface area contributed by atoms with Gasteiger partial charge in [0.15, 0.2) is 0 Å². The third-order valence-electron chi connectivity index (χ3n) is 10.8. The Morgan fingerprint density at radius 3 is 1.44 bits per heavy atom. The van der Waals surface area contributed by atoms with Gasteiger partial charge in [-0.15, -0.1) is 0 Å². The van der Waals surface area contributed by atoms with Crippen LogP contribution in [0.5, 0.6) is 0 Å². The van der Waals surface area contributed by atoms with Gasteiger partial charge in [0.25, 0.3) is 0 Å². The van der Waals surface area contributed by atoms with Crippen LogP contribution in [0.3, 0.4) is 0 Å². The van der Waals surface area contributed by atoms with Crippen LogP contribution in [0.15, 0.2) is 24.3 Å². The predicted molar refractivity (Wildman–Crippen MR) is 199 cm³/mol. The second-order valence-corrected chi connectivity index (χ2v) is 23.0. The van der Waals surface area contributed by atoms with Gasteiger partial charge in [-0.3, -0.25) is 0 Å². The molecule has 0 heterocycles. The van der Waals surface area contributed by atoms with Gasteiger partial charge in [0.1, 0.15) is 0 Å². The molecule has 0 aliphatic heterocycles. The Morgan fingerprint density at radius 2 is 1.00 bits per heavy atom. The van der Waals surface area contributed by atoms with Crippen LogP contribution in [0.25, 0.3) is 0 Å². The van der Waals surface area contributed by atoms with Crippen molar-refractivity contribution in [3.8, 4) is 0 Å². The van der Waals surface area contributed by atoms with Crippen LogP contribution in [0.1, 0.15) is 176 Å². The van der Waals surface area contributed by atoms with E-state index in [1.165, 1.54) is 116 Å². The van der Waals surface area contributed by atoms with Crippen molar-refractivity contribution in [1.82, 2.24) is 0 Å². The molecule has 0 spiro atoms. The van der Waals surface area contributed by atoms with Crippen molar-refractivity contribution in [3.63, 3.8) is 0 Å². The summed E-state index contributed by atoms with van der Waals surface area (Å²) in [5.74, 6) is 1.67. The summed E-state index contributed by atoms with van der Waals surface area (Å²) < 4.78 is 0. The molecule has 0 N–H and O–H groups in total. The van der Waals surface area contributed by atoms with Crippen LogP contribution < -0.4 is 5.30 Å². The van der Waals surface area contributed by atoms with E-state index in [0.29, 0.717) is 10.3 Å². The summed E-state index contributed by atoms with van der Waals surface area (Å²) in [7, 11) is -0.0984. The quantitative estimate of drug-likeness (QED) is 0.161. The fourth-order valence-corrected chi connectivity index (χ4v) is 18.9. The molecule has 4 saturated carbocycles. The molecule has 4 fully saturated rings. The van der Waals surface area contributed by atoms with Gasteiger partial charge in [-0.05, 0) is 88.5 Å². The molecule has 0 saturated heterocycles. The Bertz CT molecular complexity index is 828. The summed E-state index contributed by atoms with van der Waals surface area (Å²) in [6, 6.07) is 10.1. The summed E-state index contributed by atoms with van der Waals surface area (Å²) in [6.07, 6.45) is 26.8. The molecule has 2 unspecified atom stereocenters. The van der Waals surface area contributed by atoms with Crippen molar-refractivity contribution in [2.24, 2.45) is 5.92 Å². The largest absolute Gasteiger partial charge is 2.00 e. The Labute approximate surface area is 284 Å².